The van der Waals surface area contributed by atoms with Crippen molar-refractivity contribution in [1.82, 2.24) is 5.32 Å². The summed E-state index contributed by atoms with van der Waals surface area (Å²) in [7, 11) is 0. The van der Waals surface area contributed by atoms with Crippen molar-refractivity contribution in [2.45, 2.75) is 57.8 Å². The van der Waals surface area contributed by atoms with Crippen molar-refractivity contribution in [2.75, 3.05) is 0 Å². The number of carbonyl (C=O) groups excluding carboxylic acids is 1. The summed E-state index contributed by atoms with van der Waals surface area (Å²) in [4.78, 5) is 11.8. The van der Waals surface area contributed by atoms with E-state index in [-0.39, 0.29) is 17.9 Å². The lowest BCUT2D eigenvalue weighted by Gasteiger charge is -2.28. The van der Waals surface area contributed by atoms with Gasteiger partial charge in [0, 0.05) is 12.0 Å². The van der Waals surface area contributed by atoms with Crippen LogP contribution < -0.4 is 5.32 Å². The Morgan fingerprint density at radius 1 is 1.29 bits per heavy atom. The molecule has 0 radical (unpaired) electrons. The van der Waals surface area contributed by atoms with Gasteiger partial charge in [-0.3, -0.25) is 4.79 Å². The second-order valence-electron chi connectivity index (χ2n) is 4.79. The van der Waals surface area contributed by atoms with Crippen LogP contribution in [0.5, 0.6) is 0 Å². The highest BCUT2D eigenvalue weighted by Crippen LogP contribution is 2.35. The first kappa shape index (κ1) is 9.97. The molecule has 0 aromatic carbocycles. The molecule has 2 heterocycles. The fourth-order valence-corrected chi connectivity index (χ4v) is 2.47. The van der Waals surface area contributed by atoms with E-state index in [1.807, 2.05) is 13.8 Å². The lowest BCUT2D eigenvalue weighted by Crippen LogP contribution is -2.40. The van der Waals surface area contributed by atoms with Gasteiger partial charge in [-0.1, -0.05) is 0 Å². The van der Waals surface area contributed by atoms with Gasteiger partial charge in [-0.05, 0) is 39.5 Å². The van der Waals surface area contributed by atoms with Crippen LogP contribution in [0.15, 0.2) is 0 Å². The Balaban J connectivity index is 1.89. The number of ether oxygens (including phenoxy) is 1. The third-order valence-corrected chi connectivity index (χ3v) is 3.09. The van der Waals surface area contributed by atoms with E-state index >= 15 is 0 Å². The highest BCUT2D eigenvalue weighted by Gasteiger charge is 2.37. The van der Waals surface area contributed by atoms with Gasteiger partial charge >= 0.3 is 0 Å². The zero-order valence-electron chi connectivity index (χ0n) is 8.95. The Kier molecular flexibility index (Phi) is 2.77. The molecule has 2 unspecified atom stereocenters. The summed E-state index contributed by atoms with van der Waals surface area (Å²) in [6, 6.07) is 0.253. The van der Waals surface area contributed by atoms with Gasteiger partial charge in [0.2, 0.25) is 5.91 Å². The van der Waals surface area contributed by atoms with Gasteiger partial charge < -0.3 is 10.1 Å². The van der Waals surface area contributed by atoms with Crippen molar-refractivity contribution < 1.29 is 9.53 Å². The van der Waals surface area contributed by atoms with Crippen molar-refractivity contribution in [3.63, 3.8) is 0 Å². The van der Waals surface area contributed by atoms with E-state index in [4.69, 9.17) is 4.74 Å². The SMILES string of the molecule is CC(C)NC(=O)C1CC2CCC(C1)O2. The minimum absolute atomic E-state index is 0.198. The molecule has 3 nitrogen and oxygen atoms in total. The molecule has 2 atom stereocenters. The van der Waals surface area contributed by atoms with Gasteiger partial charge in [0.1, 0.15) is 0 Å². The molecule has 0 aliphatic carbocycles. The first-order valence-corrected chi connectivity index (χ1v) is 5.61. The topological polar surface area (TPSA) is 38.3 Å². The van der Waals surface area contributed by atoms with Crippen molar-refractivity contribution in [3.05, 3.63) is 0 Å². The highest BCUT2D eigenvalue weighted by molar-refractivity contribution is 5.79. The first-order chi connectivity index (χ1) is 6.65. The normalized spacial score (nSPS) is 36.1. The average molecular weight is 197 g/mol. The Bertz CT molecular complexity index is 215. The van der Waals surface area contributed by atoms with E-state index in [2.05, 4.69) is 5.32 Å². The van der Waals surface area contributed by atoms with Gasteiger partial charge in [-0.25, -0.2) is 0 Å². The maximum atomic E-state index is 11.8. The van der Waals surface area contributed by atoms with Crippen molar-refractivity contribution >= 4 is 5.91 Å². The van der Waals surface area contributed by atoms with Crippen molar-refractivity contribution in [3.8, 4) is 0 Å². The summed E-state index contributed by atoms with van der Waals surface area (Å²) < 4.78 is 5.70. The fourth-order valence-electron chi connectivity index (χ4n) is 2.47. The quantitative estimate of drug-likeness (QED) is 0.728. The number of rotatable bonds is 2. The minimum Gasteiger partial charge on any atom is -0.375 e. The van der Waals surface area contributed by atoms with Crippen LogP contribution in [0.1, 0.15) is 39.5 Å². The Morgan fingerprint density at radius 2 is 1.86 bits per heavy atom. The monoisotopic (exact) mass is 197 g/mol. The summed E-state index contributed by atoms with van der Waals surface area (Å²) in [5.74, 6) is 0.420. The molecule has 2 aliphatic rings. The molecule has 3 heteroatoms. The van der Waals surface area contributed by atoms with Crippen molar-refractivity contribution in [1.29, 1.82) is 0 Å². The molecule has 80 valence electrons. The lowest BCUT2D eigenvalue weighted by atomic mass is 9.94. The van der Waals surface area contributed by atoms with Crippen molar-refractivity contribution in [2.24, 2.45) is 5.92 Å². The van der Waals surface area contributed by atoms with Gasteiger partial charge in [-0.2, -0.15) is 0 Å². The smallest absolute Gasteiger partial charge is 0.223 e. The zero-order valence-corrected chi connectivity index (χ0v) is 8.95. The number of amides is 1. The molecular weight excluding hydrogens is 178 g/mol. The number of hydrogen-bond donors (Lipinski definition) is 1. The molecule has 2 rings (SSSR count). The number of hydrogen-bond acceptors (Lipinski definition) is 2. The summed E-state index contributed by atoms with van der Waals surface area (Å²) in [6.45, 7) is 4.01. The van der Waals surface area contributed by atoms with Crippen LogP contribution in [-0.4, -0.2) is 24.2 Å². The largest absolute Gasteiger partial charge is 0.375 e. The first-order valence-electron chi connectivity index (χ1n) is 5.61. The molecule has 0 spiro atoms. The zero-order chi connectivity index (χ0) is 10.1. The predicted octanol–water partition coefficient (Wildman–Crippen LogP) is 1.47. The Morgan fingerprint density at radius 3 is 2.36 bits per heavy atom. The number of nitrogens with one attached hydrogen (secondary N) is 1. The third-order valence-electron chi connectivity index (χ3n) is 3.09. The lowest BCUT2D eigenvalue weighted by molar-refractivity contribution is -0.131. The maximum absolute atomic E-state index is 11.8. The van der Waals surface area contributed by atoms with Crippen LogP contribution >= 0.6 is 0 Å². The molecular formula is C11H19NO2. The average Bonchev–Trinajstić information content (AvgIpc) is 2.44. The van der Waals surface area contributed by atoms with Crippen LogP contribution in [0.25, 0.3) is 0 Å². The second-order valence-corrected chi connectivity index (χ2v) is 4.79. The Hall–Kier alpha value is -0.570. The van der Waals surface area contributed by atoms with Crippen LogP contribution in [0.4, 0.5) is 0 Å². The van der Waals surface area contributed by atoms with E-state index in [9.17, 15) is 4.79 Å². The Labute approximate surface area is 85.2 Å². The summed E-state index contributed by atoms with van der Waals surface area (Å²) >= 11 is 0. The molecule has 0 saturated carbocycles. The number of carbonyl (C=O) groups is 1. The molecule has 14 heavy (non-hydrogen) atoms. The highest BCUT2D eigenvalue weighted by atomic mass is 16.5. The van der Waals surface area contributed by atoms with Gasteiger partial charge in [0.05, 0.1) is 12.2 Å². The van der Waals surface area contributed by atoms with Gasteiger partial charge in [-0.15, -0.1) is 0 Å². The van der Waals surface area contributed by atoms with Gasteiger partial charge in [0.15, 0.2) is 0 Å². The molecule has 1 N–H and O–H groups in total. The van der Waals surface area contributed by atoms with E-state index in [0.717, 1.165) is 25.7 Å². The van der Waals surface area contributed by atoms with Crippen LogP contribution in [0.2, 0.25) is 0 Å². The minimum atomic E-state index is 0.198. The second kappa shape index (κ2) is 3.89. The fraction of sp³-hybridized carbons (Fsp3) is 0.909. The standard InChI is InChI=1S/C11H19NO2/c1-7(2)12-11(13)8-5-9-3-4-10(6-8)14-9/h7-10H,3-6H2,1-2H3,(H,12,13). The molecule has 2 bridgehead atoms. The summed E-state index contributed by atoms with van der Waals surface area (Å²) in [6.07, 6.45) is 4.87. The maximum Gasteiger partial charge on any atom is 0.223 e. The third kappa shape index (κ3) is 2.08. The molecule has 2 saturated heterocycles. The summed E-state index contributed by atoms with van der Waals surface area (Å²) in [5.41, 5.74) is 0. The van der Waals surface area contributed by atoms with E-state index in [1.165, 1.54) is 0 Å². The van der Waals surface area contributed by atoms with Crippen LogP contribution in [-0.2, 0) is 9.53 Å². The molecule has 0 aromatic heterocycles. The van der Waals surface area contributed by atoms with E-state index in [1.54, 1.807) is 0 Å². The molecule has 2 aliphatic heterocycles. The molecule has 0 aromatic rings. The van der Waals surface area contributed by atoms with Gasteiger partial charge in [0.25, 0.3) is 0 Å². The molecule has 1 amide bonds. The van der Waals surface area contributed by atoms with E-state index in [0.29, 0.717) is 12.2 Å². The van der Waals surface area contributed by atoms with Crippen LogP contribution in [0.3, 0.4) is 0 Å². The molecule has 2 fully saturated rings. The van der Waals surface area contributed by atoms with E-state index < -0.39 is 0 Å². The predicted molar refractivity (Wildman–Crippen MR) is 53.9 cm³/mol. The number of fused-ring (bicyclic) bond motifs is 2. The summed E-state index contributed by atoms with van der Waals surface area (Å²) in [5, 5.41) is 2.99. The van der Waals surface area contributed by atoms with Crippen LogP contribution in [0, 0.1) is 5.92 Å².